The van der Waals surface area contributed by atoms with Crippen molar-refractivity contribution in [2.75, 3.05) is 14.2 Å². The smallest absolute Gasteiger partial charge is 1.00 e. The van der Waals surface area contributed by atoms with Crippen LogP contribution in [0.3, 0.4) is 0 Å². The van der Waals surface area contributed by atoms with Crippen LogP contribution in [0.4, 0.5) is 0 Å². The number of aromatic nitrogens is 5. The molecule has 0 bridgehead atoms. The van der Waals surface area contributed by atoms with Gasteiger partial charge >= 0.3 is 150 Å². The summed E-state index contributed by atoms with van der Waals surface area (Å²) in [4.78, 5) is 66.5. The fourth-order valence-electron chi connectivity index (χ4n) is 5.55. The molecule has 10 rings (SSSR count). The van der Waals surface area contributed by atoms with Gasteiger partial charge in [-0.25, -0.2) is 34.5 Å². The molecule has 77 heavy (non-hydrogen) atoms. The van der Waals surface area contributed by atoms with Gasteiger partial charge in [-0.15, -0.1) is 22.7 Å². The normalized spacial score (nSPS) is 9.55. The zero-order valence-corrected chi connectivity index (χ0v) is 60.7. The van der Waals surface area contributed by atoms with E-state index in [-0.39, 0.29) is 163 Å². The first-order valence-corrected chi connectivity index (χ1v) is 25.7. The third-order valence-corrected chi connectivity index (χ3v) is 13.3. The Kier molecular flexibility index (Phi) is 33.1. The van der Waals surface area contributed by atoms with Crippen LogP contribution in [-0.2, 0) is 19.2 Å². The minimum Gasteiger partial charge on any atom is -1.00 e. The van der Waals surface area contributed by atoms with Crippen LogP contribution in [0.15, 0.2) is 195 Å². The van der Waals surface area contributed by atoms with Crippen LogP contribution in [0.1, 0.15) is 37.5 Å². The van der Waals surface area contributed by atoms with Crippen molar-refractivity contribution in [3.05, 3.63) is 222 Å². The van der Waals surface area contributed by atoms with Gasteiger partial charge in [0.25, 0.3) is 6.47 Å². The number of thiazole rings is 2. The van der Waals surface area contributed by atoms with E-state index in [1.807, 2.05) is 78.3 Å². The topological polar surface area (TPSA) is 222 Å². The monoisotopic (exact) mass is 1520 g/mol. The molecule has 10 aromatic rings. The van der Waals surface area contributed by atoms with Crippen LogP contribution < -0.4 is 153 Å². The zero-order valence-electron chi connectivity index (χ0n) is 42.0. The van der Waals surface area contributed by atoms with Crippen molar-refractivity contribution in [2.24, 2.45) is 0 Å². The van der Waals surface area contributed by atoms with Gasteiger partial charge < -0.3 is 35.6 Å². The molecule has 0 spiro atoms. The quantitative estimate of drug-likeness (QED) is 0.0371. The van der Waals surface area contributed by atoms with Crippen molar-refractivity contribution >= 4 is 127 Å². The number of para-hydroxylation sites is 2. The average molecular weight is 1530 g/mol. The predicted octanol–water partition coefficient (Wildman–Crippen LogP) is 7.43. The van der Waals surface area contributed by atoms with Gasteiger partial charge in [0.05, 0.1) is 64.7 Å². The van der Waals surface area contributed by atoms with E-state index in [1.54, 1.807) is 84.5 Å². The van der Waals surface area contributed by atoms with Crippen molar-refractivity contribution in [3.8, 4) is 29.0 Å². The van der Waals surface area contributed by atoms with Gasteiger partial charge in [-0.05, 0) is 181 Å². The van der Waals surface area contributed by atoms with Gasteiger partial charge in [-0.3, -0.25) is 9.59 Å². The number of carbonyl (C=O) groups is 4. The molecular weight excluding hydrogens is 1490 g/mol. The summed E-state index contributed by atoms with van der Waals surface area (Å²) < 4.78 is 25.0. The number of ketones is 1. The minimum absolute atomic E-state index is 0. The Labute approximate surface area is 599 Å². The second-order valence-electron chi connectivity index (χ2n) is 14.0. The summed E-state index contributed by atoms with van der Waals surface area (Å²) >= 11 is 18.6. The van der Waals surface area contributed by atoms with Gasteiger partial charge in [0.2, 0.25) is 17.5 Å². The number of ether oxygens (including phenoxy) is 4. The second kappa shape index (κ2) is 37.5. The van der Waals surface area contributed by atoms with Crippen molar-refractivity contribution in [1.82, 2.24) is 24.9 Å². The van der Waals surface area contributed by atoms with Gasteiger partial charge in [0.1, 0.15) is 22.4 Å². The number of fused-ring (bicyclic) bond motifs is 2. The van der Waals surface area contributed by atoms with Crippen LogP contribution in [0.5, 0.6) is 29.0 Å². The van der Waals surface area contributed by atoms with E-state index in [9.17, 15) is 14.4 Å². The number of rotatable bonds is 9. The number of phenolic OH excluding ortho intramolecular Hbond substituents is 1. The molecule has 5 aromatic heterocycles. The van der Waals surface area contributed by atoms with E-state index in [1.165, 1.54) is 54.5 Å². The Morgan fingerprint density at radius 2 is 1.03 bits per heavy atom. The van der Waals surface area contributed by atoms with Gasteiger partial charge in [0.15, 0.2) is 5.01 Å². The van der Waals surface area contributed by atoms with E-state index >= 15 is 0 Å². The third-order valence-electron chi connectivity index (χ3n) is 9.04. The van der Waals surface area contributed by atoms with E-state index in [2.05, 4.69) is 93.1 Å². The molecule has 0 fully saturated rings. The van der Waals surface area contributed by atoms with E-state index < -0.39 is 5.97 Å². The Balaban J connectivity index is 0.000000345. The number of phenols is 1. The summed E-state index contributed by atoms with van der Waals surface area (Å²) in [6, 6.07) is 46.3. The van der Waals surface area contributed by atoms with E-state index in [4.69, 9.17) is 36.2 Å². The number of carbonyl (C=O) groups excluding carboxylic acids is 4. The number of hydrogen-bond acceptors (Lipinski definition) is 18. The summed E-state index contributed by atoms with van der Waals surface area (Å²) in [5.74, 6) is 1.44. The van der Waals surface area contributed by atoms with Crippen LogP contribution >= 0.6 is 82.1 Å². The minimum atomic E-state index is -0.398. The fourth-order valence-corrected chi connectivity index (χ4v) is 8.20. The van der Waals surface area contributed by atoms with Gasteiger partial charge in [-0.2, -0.15) is 0 Å². The third kappa shape index (κ3) is 23.3. The van der Waals surface area contributed by atoms with Gasteiger partial charge in [0, 0.05) is 24.2 Å². The number of nitrogens with zero attached hydrogens (tertiary/aromatic N) is 5. The van der Waals surface area contributed by atoms with E-state index in [0.29, 0.717) is 50.1 Å². The molecule has 384 valence electrons. The maximum absolute atomic E-state index is 12.6. The molecular formula is C53H39Br3ClCs2N5O11S2. The van der Waals surface area contributed by atoms with Crippen molar-refractivity contribution in [2.45, 2.75) is 0 Å². The molecule has 5 heterocycles. The molecule has 0 saturated heterocycles. The Morgan fingerprint density at radius 3 is 1.45 bits per heavy atom. The predicted molar refractivity (Wildman–Crippen MR) is 296 cm³/mol. The van der Waals surface area contributed by atoms with Crippen LogP contribution in [0.2, 0.25) is 5.15 Å². The number of hydrogen-bond donors (Lipinski definition) is 1. The molecule has 16 nitrogen and oxygen atoms in total. The van der Waals surface area contributed by atoms with Crippen molar-refractivity contribution < 1.29 is 193 Å². The number of methoxy groups -OCH3 is 2. The van der Waals surface area contributed by atoms with Crippen molar-refractivity contribution in [1.29, 1.82) is 0 Å². The molecule has 5 aromatic carbocycles. The molecule has 0 amide bonds. The number of pyridine rings is 3. The van der Waals surface area contributed by atoms with Crippen LogP contribution in [0.25, 0.3) is 20.4 Å². The standard InChI is InChI=1S/C19H11BrN2O2S.C13H10BrNO3.C8H8O3.C7H5NS.C5H3BrClN.CH2O3.2Cs.H/c20-14-4-3-11-21-18(14)24-13-9-7-12(8-10-13)17(23)19-22-15-5-1-2-6-16(15)25-19;1-17-13(16)9-4-6-10(7-5-9)18-12-11(14)3-2-8-15-12;1-11-8(10)6-2-4-7(9)5-3-6;1-2-4-7-6(3-1)8-5-9-7;6-4-2-1-3-8-5(4)7;2-1-4-3;;;/h1-11H;2-8H,1H3;2-5,9H,1H3;1-5H;1-3H;1,3H;;;/q;;;;;;2*+1;-1/p-1. The molecule has 0 atom stereocenters. The second-order valence-corrected chi connectivity index (χ2v) is 18.8. The summed E-state index contributed by atoms with van der Waals surface area (Å²) in [6.45, 7) is -0.181. The zero-order chi connectivity index (χ0) is 54.0. The number of halogens is 4. The molecule has 1 N–H and O–H groups in total. The maximum Gasteiger partial charge on any atom is 1.00 e. The number of aromatic hydroxyl groups is 1. The molecule has 0 aliphatic carbocycles. The molecule has 0 radical (unpaired) electrons. The van der Waals surface area contributed by atoms with E-state index in [0.717, 1.165) is 29.2 Å². The maximum atomic E-state index is 12.6. The summed E-state index contributed by atoms with van der Waals surface area (Å²) in [5, 5.41) is 18.3. The average Bonchev–Trinajstić information content (AvgIpc) is 4.12. The summed E-state index contributed by atoms with van der Waals surface area (Å²) in [5.41, 5.74) is 5.30. The molecule has 0 unspecified atom stereocenters. The first-order chi connectivity index (χ1) is 36.3. The molecule has 24 heteroatoms. The number of esters is 2. The molecule has 0 saturated carbocycles. The van der Waals surface area contributed by atoms with Crippen molar-refractivity contribution in [3.63, 3.8) is 0 Å². The molecule has 0 aliphatic rings. The van der Waals surface area contributed by atoms with Gasteiger partial charge in [-0.1, -0.05) is 35.9 Å². The Morgan fingerprint density at radius 1 is 0.584 bits per heavy atom. The van der Waals surface area contributed by atoms with Crippen LogP contribution in [-0.4, -0.2) is 68.4 Å². The Hall–Kier alpha value is -3.40. The van der Waals surface area contributed by atoms with Crippen LogP contribution in [0, 0.1) is 0 Å². The summed E-state index contributed by atoms with van der Waals surface area (Å²) in [7, 11) is 2.66. The first kappa shape index (κ1) is 67.9. The summed E-state index contributed by atoms with van der Waals surface area (Å²) in [6.07, 6.45) is 4.95. The Bertz CT molecular complexity index is 3350. The number of benzene rings is 5. The first-order valence-electron chi connectivity index (χ1n) is 21.2. The fraction of sp³-hybridized carbons (Fsp3) is 0.0377. The largest absolute Gasteiger partial charge is 1.00 e. The SMILES string of the molecule is COC(=O)c1ccc(O)cc1.COC(=O)c1ccc(Oc2ncccc2Br)cc1.Clc1ncccc1Br.O=C(c1ccc(Oc2ncccc2Br)cc1)c1nc2ccccc2s1.O=CO[O-].[Cs+].[Cs+].[H-].c1ccc2scnc2c1. The molecule has 0 aliphatic heterocycles.